The van der Waals surface area contributed by atoms with Crippen LogP contribution in [-0.2, 0) is 18.3 Å². The van der Waals surface area contributed by atoms with Crippen molar-refractivity contribution in [3.05, 3.63) is 18.0 Å². The molecular formula is C12H18N2O. The number of Topliss-reactive ketones (excluding diaryl/α,β-unsaturated/α-hetero) is 1. The van der Waals surface area contributed by atoms with Crippen molar-refractivity contribution in [3.8, 4) is 0 Å². The van der Waals surface area contributed by atoms with Gasteiger partial charge in [0, 0.05) is 26.1 Å². The lowest BCUT2D eigenvalue weighted by Crippen LogP contribution is -2.16. The predicted octanol–water partition coefficient (Wildman–Crippen LogP) is 2.11. The van der Waals surface area contributed by atoms with Crippen molar-refractivity contribution in [2.75, 3.05) is 0 Å². The molecule has 0 atom stereocenters. The molecule has 0 amide bonds. The Labute approximate surface area is 90.5 Å². The zero-order chi connectivity index (χ0) is 10.7. The van der Waals surface area contributed by atoms with E-state index >= 15 is 0 Å². The fourth-order valence-electron chi connectivity index (χ4n) is 2.01. The Kier molecular flexibility index (Phi) is 3.19. The third-order valence-electron chi connectivity index (χ3n) is 3.19. The highest BCUT2D eigenvalue weighted by atomic mass is 16.1. The molecule has 0 aromatic carbocycles. The summed E-state index contributed by atoms with van der Waals surface area (Å²) >= 11 is 0. The third kappa shape index (κ3) is 2.91. The highest BCUT2D eigenvalue weighted by molar-refractivity contribution is 5.78. The minimum absolute atomic E-state index is 0.420. The van der Waals surface area contributed by atoms with Gasteiger partial charge in [-0.1, -0.05) is 19.3 Å². The molecule has 15 heavy (non-hydrogen) atoms. The fourth-order valence-corrected chi connectivity index (χ4v) is 2.01. The lowest BCUT2D eigenvalue weighted by molar-refractivity contribution is -0.120. The number of carbonyl (C=O) groups excluding carboxylic acids is 1. The zero-order valence-electron chi connectivity index (χ0n) is 9.28. The maximum atomic E-state index is 11.6. The molecule has 82 valence electrons. The summed E-state index contributed by atoms with van der Waals surface area (Å²) in [6, 6.07) is 0. The standard InChI is InChI=1S/C12H18N2O/c1-14-9-11(8-13-14)5-6-12(15)7-10-3-2-4-10/h8-10H,2-7H2,1H3. The molecule has 1 fully saturated rings. The van der Waals surface area contributed by atoms with E-state index in [1.54, 1.807) is 4.68 Å². The highest BCUT2D eigenvalue weighted by Gasteiger charge is 2.20. The molecule has 0 spiro atoms. The number of hydrogen-bond donors (Lipinski definition) is 0. The summed E-state index contributed by atoms with van der Waals surface area (Å²) in [6.07, 6.45) is 10.0. The average Bonchev–Trinajstić information content (AvgIpc) is 2.55. The SMILES string of the molecule is Cn1cc(CCC(=O)CC2CCC2)cn1. The van der Waals surface area contributed by atoms with Crippen molar-refractivity contribution in [2.45, 2.75) is 38.5 Å². The molecule has 1 heterocycles. The molecule has 1 aromatic heterocycles. The number of ketones is 1. The molecule has 3 nitrogen and oxygen atoms in total. The Morgan fingerprint density at radius 3 is 2.93 bits per heavy atom. The molecule has 0 saturated heterocycles. The number of rotatable bonds is 5. The maximum Gasteiger partial charge on any atom is 0.133 e. The second-order valence-electron chi connectivity index (χ2n) is 4.56. The molecule has 0 unspecified atom stereocenters. The van der Waals surface area contributed by atoms with Gasteiger partial charge >= 0.3 is 0 Å². The molecule has 0 radical (unpaired) electrons. The number of hydrogen-bond acceptors (Lipinski definition) is 2. The largest absolute Gasteiger partial charge is 0.300 e. The van der Waals surface area contributed by atoms with Crippen LogP contribution in [0.2, 0.25) is 0 Å². The van der Waals surface area contributed by atoms with Gasteiger partial charge in [0.2, 0.25) is 0 Å². The topological polar surface area (TPSA) is 34.9 Å². The first-order valence-corrected chi connectivity index (χ1v) is 5.73. The van der Waals surface area contributed by atoms with Gasteiger partial charge in [-0.15, -0.1) is 0 Å². The second-order valence-corrected chi connectivity index (χ2v) is 4.56. The van der Waals surface area contributed by atoms with Gasteiger partial charge < -0.3 is 0 Å². The monoisotopic (exact) mass is 206 g/mol. The van der Waals surface area contributed by atoms with Gasteiger partial charge in [-0.2, -0.15) is 5.10 Å². The molecule has 0 N–H and O–H groups in total. The van der Waals surface area contributed by atoms with Gasteiger partial charge in [0.05, 0.1) is 6.20 Å². The predicted molar refractivity (Wildman–Crippen MR) is 58.5 cm³/mol. The molecule has 1 aromatic rings. The first kappa shape index (κ1) is 10.4. The summed E-state index contributed by atoms with van der Waals surface area (Å²) in [6.45, 7) is 0. The Bertz CT molecular complexity index is 339. The molecule has 0 bridgehead atoms. The number of aryl methyl sites for hydroxylation is 2. The van der Waals surface area contributed by atoms with Crippen LogP contribution in [0.4, 0.5) is 0 Å². The lowest BCUT2D eigenvalue weighted by atomic mass is 9.81. The van der Waals surface area contributed by atoms with Crippen LogP contribution in [0.1, 0.15) is 37.7 Å². The molecule has 1 aliphatic rings. The van der Waals surface area contributed by atoms with Crippen molar-refractivity contribution in [1.82, 2.24) is 9.78 Å². The van der Waals surface area contributed by atoms with Gasteiger partial charge in [-0.3, -0.25) is 9.48 Å². The molecule has 1 aliphatic carbocycles. The Morgan fingerprint density at radius 1 is 1.60 bits per heavy atom. The van der Waals surface area contributed by atoms with Crippen molar-refractivity contribution in [3.63, 3.8) is 0 Å². The summed E-state index contributed by atoms with van der Waals surface area (Å²) in [5.41, 5.74) is 1.17. The van der Waals surface area contributed by atoms with E-state index in [1.807, 2.05) is 19.4 Å². The Morgan fingerprint density at radius 2 is 2.40 bits per heavy atom. The van der Waals surface area contributed by atoms with Crippen LogP contribution in [0.25, 0.3) is 0 Å². The highest BCUT2D eigenvalue weighted by Crippen LogP contribution is 2.29. The quantitative estimate of drug-likeness (QED) is 0.739. The van der Waals surface area contributed by atoms with E-state index in [0.717, 1.165) is 12.8 Å². The minimum Gasteiger partial charge on any atom is -0.300 e. The molecule has 3 heteroatoms. The number of aromatic nitrogens is 2. The van der Waals surface area contributed by atoms with Crippen LogP contribution in [0, 0.1) is 5.92 Å². The van der Waals surface area contributed by atoms with Crippen LogP contribution < -0.4 is 0 Å². The number of nitrogens with zero attached hydrogens (tertiary/aromatic N) is 2. The van der Waals surface area contributed by atoms with Gasteiger partial charge in [0.15, 0.2) is 0 Å². The van der Waals surface area contributed by atoms with Crippen molar-refractivity contribution < 1.29 is 4.79 Å². The maximum absolute atomic E-state index is 11.6. The van der Waals surface area contributed by atoms with Gasteiger partial charge in [-0.05, 0) is 17.9 Å². The van der Waals surface area contributed by atoms with Crippen LogP contribution in [-0.4, -0.2) is 15.6 Å². The second kappa shape index (κ2) is 4.60. The Hall–Kier alpha value is -1.12. The van der Waals surface area contributed by atoms with Crippen molar-refractivity contribution in [1.29, 1.82) is 0 Å². The van der Waals surface area contributed by atoms with E-state index in [1.165, 1.54) is 24.8 Å². The van der Waals surface area contributed by atoms with Gasteiger partial charge in [0.1, 0.15) is 5.78 Å². The smallest absolute Gasteiger partial charge is 0.133 e. The normalized spacial score (nSPS) is 16.3. The molecule has 0 aliphatic heterocycles. The first-order chi connectivity index (χ1) is 7.24. The summed E-state index contributed by atoms with van der Waals surface area (Å²) in [5, 5.41) is 4.09. The van der Waals surface area contributed by atoms with E-state index in [9.17, 15) is 4.79 Å². The average molecular weight is 206 g/mol. The van der Waals surface area contributed by atoms with Crippen LogP contribution in [0.5, 0.6) is 0 Å². The summed E-state index contributed by atoms with van der Waals surface area (Å²) < 4.78 is 1.78. The van der Waals surface area contributed by atoms with E-state index in [0.29, 0.717) is 18.1 Å². The summed E-state index contributed by atoms with van der Waals surface area (Å²) in [7, 11) is 1.90. The van der Waals surface area contributed by atoms with Crippen molar-refractivity contribution in [2.24, 2.45) is 13.0 Å². The van der Waals surface area contributed by atoms with Crippen LogP contribution in [0.3, 0.4) is 0 Å². The van der Waals surface area contributed by atoms with Gasteiger partial charge in [0.25, 0.3) is 0 Å². The van der Waals surface area contributed by atoms with E-state index < -0.39 is 0 Å². The summed E-state index contributed by atoms with van der Waals surface area (Å²) in [4.78, 5) is 11.6. The molecule has 2 rings (SSSR count). The summed E-state index contributed by atoms with van der Waals surface area (Å²) in [5.74, 6) is 1.12. The zero-order valence-corrected chi connectivity index (χ0v) is 9.28. The van der Waals surface area contributed by atoms with E-state index in [4.69, 9.17) is 0 Å². The van der Waals surface area contributed by atoms with Crippen molar-refractivity contribution >= 4 is 5.78 Å². The van der Waals surface area contributed by atoms with E-state index in [2.05, 4.69) is 5.10 Å². The van der Waals surface area contributed by atoms with E-state index in [-0.39, 0.29) is 0 Å². The van der Waals surface area contributed by atoms with Gasteiger partial charge in [-0.25, -0.2) is 0 Å². The first-order valence-electron chi connectivity index (χ1n) is 5.73. The molecule has 1 saturated carbocycles. The minimum atomic E-state index is 0.420. The third-order valence-corrected chi connectivity index (χ3v) is 3.19. The molecular weight excluding hydrogens is 188 g/mol. The lowest BCUT2D eigenvalue weighted by Gasteiger charge is -2.24. The Balaban J connectivity index is 1.70. The number of carbonyl (C=O) groups is 1. The van der Waals surface area contributed by atoms with Crippen LogP contribution in [0.15, 0.2) is 12.4 Å². The fraction of sp³-hybridized carbons (Fsp3) is 0.667. The van der Waals surface area contributed by atoms with Crippen LogP contribution >= 0.6 is 0 Å².